The molecule has 28 heavy (non-hydrogen) atoms. The molecule has 1 saturated heterocycles. The van der Waals surface area contributed by atoms with Gasteiger partial charge in [0.15, 0.2) is 5.78 Å². The summed E-state index contributed by atoms with van der Waals surface area (Å²) in [5.41, 5.74) is 1.96. The number of ketones is 1. The van der Waals surface area contributed by atoms with Gasteiger partial charge in [0.1, 0.15) is 5.75 Å². The van der Waals surface area contributed by atoms with Gasteiger partial charge in [-0.1, -0.05) is 24.8 Å². The van der Waals surface area contributed by atoms with Gasteiger partial charge < -0.3 is 9.64 Å². The Hall–Kier alpha value is -2.01. The SMILES string of the molecule is C=CC(=O)c1ccc(OCCCN2CCN(c3ccccc3)CC2)cc1.Cl.Cl. The first-order chi connectivity index (χ1) is 12.8. The van der Waals surface area contributed by atoms with Crippen LogP contribution >= 0.6 is 24.8 Å². The predicted octanol–water partition coefficient (Wildman–Crippen LogP) is 4.49. The number of anilines is 1. The molecule has 0 spiro atoms. The van der Waals surface area contributed by atoms with E-state index in [4.69, 9.17) is 4.74 Å². The maximum Gasteiger partial charge on any atom is 0.185 e. The van der Waals surface area contributed by atoms with E-state index in [0.717, 1.165) is 44.9 Å². The molecule has 6 heteroatoms. The van der Waals surface area contributed by atoms with Crippen LogP contribution in [-0.2, 0) is 0 Å². The van der Waals surface area contributed by atoms with Crippen LogP contribution in [0.25, 0.3) is 0 Å². The van der Waals surface area contributed by atoms with Gasteiger partial charge in [-0.15, -0.1) is 24.8 Å². The van der Waals surface area contributed by atoms with E-state index in [1.165, 1.54) is 11.8 Å². The van der Waals surface area contributed by atoms with Crippen molar-refractivity contribution in [2.75, 3.05) is 44.2 Å². The van der Waals surface area contributed by atoms with Gasteiger partial charge >= 0.3 is 0 Å². The van der Waals surface area contributed by atoms with E-state index in [1.807, 2.05) is 12.1 Å². The molecule has 2 aromatic carbocycles. The van der Waals surface area contributed by atoms with Gasteiger partial charge in [0.05, 0.1) is 6.61 Å². The van der Waals surface area contributed by atoms with E-state index >= 15 is 0 Å². The van der Waals surface area contributed by atoms with E-state index in [0.29, 0.717) is 12.2 Å². The van der Waals surface area contributed by atoms with Crippen molar-refractivity contribution in [2.24, 2.45) is 0 Å². The zero-order chi connectivity index (χ0) is 18.2. The molecule has 0 N–H and O–H groups in total. The lowest BCUT2D eigenvalue weighted by atomic mass is 10.1. The molecule has 0 aromatic heterocycles. The minimum Gasteiger partial charge on any atom is -0.494 e. The highest BCUT2D eigenvalue weighted by Gasteiger charge is 2.16. The maximum absolute atomic E-state index is 11.5. The van der Waals surface area contributed by atoms with Gasteiger partial charge in [0.25, 0.3) is 0 Å². The highest BCUT2D eigenvalue weighted by Crippen LogP contribution is 2.16. The molecule has 0 radical (unpaired) electrons. The third-order valence-corrected chi connectivity index (χ3v) is 4.71. The highest BCUT2D eigenvalue weighted by atomic mass is 35.5. The van der Waals surface area contributed by atoms with Crippen LogP contribution in [0.15, 0.2) is 67.3 Å². The third kappa shape index (κ3) is 6.86. The second-order valence-corrected chi connectivity index (χ2v) is 6.46. The molecule has 2 aromatic rings. The van der Waals surface area contributed by atoms with E-state index < -0.39 is 0 Å². The minimum atomic E-state index is -0.0637. The summed E-state index contributed by atoms with van der Waals surface area (Å²) in [6, 6.07) is 17.9. The normalized spacial score (nSPS) is 13.8. The first-order valence-corrected chi connectivity index (χ1v) is 9.18. The average molecular weight is 423 g/mol. The van der Waals surface area contributed by atoms with Gasteiger partial charge in [-0.05, 0) is 48.9 Å². The van der Waals surface area contributed by atoms with Crippen LogP contribution in [0.3, 0.4) is 0 Å². The van der Waals surface area contributed by atoms with Crippen molar-refractivity contribution in [1.82, 2.24) is 4.90 Å². The molecular formula is C22H28Cl2N2O2. The number of ether oxygens (including phenoxy) is 1. The van der Waals surface area contributed by atoms with Crippen LogP contribution in [0, 0.1) is 0 Å². The van der Waals surface area contributed by atoms with Crippen molar-refractivity contribution in [3.05, 3.63) is 72.8 Å². The number of hydrogen-bond donors (Lipinski definition) is 0. The summed E-state index contributed by atoms with van der Waals surface area (Å²) >= 11 is 0. The Morgan fingerprint density at radius 1 is 0.964 bits per heavy atom. The second kappa shape index (κ2) is 12.4. The van der Waals surface area contributed by atoms with Crippen molar-refractivity contribution in [3.8, 4) is 5.75 Å². The first kappa shape index (κ1) is 24.0. The Bertz CT molecular complexity index is 715. The lowest BCUT2D eigenvalue weighted by molar-refractivity contribution is 0.104. The van der Waals surface area contributed by atoms with Crippen molar-refractivity contribution in [1.29, 1.82) is 0 Å². The first-order valence-electron chi connectivity index (χ1n) is 9.18. The van der Waals surface area contributed by atoms with Crippen molar-refractivity contribution >= 4 is 36.3 Å². The van der Waals surface area contributed by atoms with Gasteiger partial charge in [0.2, 0.25) is 0 Å². The van der Waals surface area contributed by atoms with Crippen LogP contribution in [0.5, 0.6) is 5.75 Å². The molecule has 0 atom stereocenters. The molecule has 0 unspecified atom stereocenters. The monoisotopic (exact) mass is 422 g/mol. The van der Waals surface area contributed by atoms with Crippen LogP contribution in [0.2, 0.25) is 0 Å². The third-order valence-electron chi connectivity index (χ3n) is 4.71. The summed E-state index contributed by atoms with van der Waals surface area (Å²) in [7, 11) is 0. The summed E-state index contributed by atoms with van der Waals surface area (Å²) < 4.78 is 5.78. The zero-order valence-electron chi connectivity index (χ0n) is 16.0. The van der Waals surface area contributed by atoms with Crippen molar-refractivity contribution in [2.45, 2.75) is 6.42 Å². The van der Waals surface area contributed by atoms with Gasteiger partial charge in [-0.2, -0.15) is 0 Å². The van der Waals surface area contributed by atoms with E-state index in [2.05, 4.69) is 46.7 Å². The molecule has 4 nitrogen and oxygen atoms in total. The summed E-state index contributed by atoms with van der Waals surface area (Å²) in [5.74, 6) is 0.741. The van der Waals surface area contributed by atoms with Crippen LogP contribution in [0.4, 0.5) is 5.69 Å². The molecule has 1 aliphatic heterocycles. The Morgan fingerprint density at radius 2 is 1.61 bits per heavy atom. The number of hydrogen-bond acceptors (Lipinski definition) is 4. The van der Waals surface area contributed by atoms with Crippen LogP contribution in [0.1, 0.15) is 16.8 Å². The summed E-state index contributed by atoms with van der Waals surface area (Å²) in [5, 5.41) is 0. The van der Waals surface area contributed by atoms with Gasteiger partial charge in [-0.3, -0.25) is 9.69 Å². The molecular weight excluding hydrogens is 395 g/mol. The maximum atomic E-state index is 11.5. The number of nitrogens with zero attached hydrogens (tertiary/aromatic N) is 2. The second-order valence-electron chi connectivity index (χ2n) is 6.46. The molecule has 152 valence electrons. The number of benzene rings is 2. The quantitative estimate of drug-likeness (QED) is 0.356. The summed E-state index contributed by atoms with van der Waals surface area (Å²) in [6.07, 6.45) is 2.33. The Kier molecular flexibility index (Phi) is 10.7. The van der Waals surface area contributed by atoms with Gasteiger partial charge in [-0.25, -0.2) is 0 Å². The topological polar surface area (TPSA) is 32.8 Å². The van der Waals surface area contributed by atoms with E-state index in [-0.39, 0.29) is 30.6 Å². The number of para-hydroxylation sites is 1. The zero-order valence-corrected chi connectivity index (χ0v) is 17.6. The highest BCUT2D eigenvalue weighted by molar-refractivity contribution is 6.04. The molecule has 1 aliphatic rings. The number of carbonyl (C=O) groups excluding carboxylic acids is 1. The molecule has 1 fully saturated rings. The molecule has 0 saturated carbocycles. The number of allylic oxidation sites excluding steroid dienone is 1. The lowest BCUT2D eigenvalue weighted by Crippen LogP contribution is -2.46. The molecule has 3 rings (SSSR count). The fraction of sp³-hybridized carbons (Fsp3) is 0.318. The number of halogens is 2. The fourth-order valence-electron chi connectivity index (χ4n) is 3.18. The Labute approximate surface area is 180 Å². The van der Waals surface area contributed by atoms with Gasteiger partial charge in [0, 0.05) is 44.0 Å². The van der Waals surface area contributed by atoms with Crippen LogP contribution in [-0.4, -0.2) is 50.0 Å². The molecule has 1 heterocycles. The molecule has 0 aliphatic carbocycles. The molecule has 0 bridgehead atoms. The largest absolute Gasteiger partial charge is 0.494 e. The van der Waals surface area contributed by atoms with E-state index in [9.17, 15) is 4.79 Å². The van der Waals surface area contributed by atoms with Crippen LogP contribution < -0.4 is 9.64 Å². The Morgan fingerprint density at radius 3 is 2.21 bits per heavy atom. The number of piperazine rings is 1. The fourth-order valence-corrected chi connectivity index (χ4v) is 3.18. The van der Waals surface area contributed by atoms with E-state index in [1.54, 1.807) is 12.1 Å². The summed E-state index contributed by atoms with van der Waals surface area (Å²) in [4.78, 5) is 16.4. The summed E-state index contributed by atoms with van der Waals surface area (Å²) in [6.45, 7) is 9.56. The standard InChI is InChI=1S/C22H26N2O2.2ClH/c1-2-22(25)19-9-11-21(12-10-19)26-18-6-13-23-14-16-24(17-15-23)20-7-4-3-5-8-20;;/h2-5,7-12H,1,6,13-18H2;2*1H. The number of rotatable bonds is 8. The van der Waals surface area contributed by atoms with Crippen molar-refractivity contribution in [3.63, 3.8) is 0 Å². The molecule has 0 amide bonds. The Balaban J connectivity index is 0.00000196. The average Bonchev–Trinajstić information content (AvgIpc) is 2.72. The van der Waals surface area contributed by atoms with Crippen molar-refractivity contribution < 1.29 is 9.53 Å². The lowest BCUT2D eigenvalue weighted by Gasteiger charge is -2.36. The smallest absolute Gasteiger partial charge is 0.185 e. The minimum absolute atomic E-state index is 0. The predicted molar refractivity (Wildman–Crippen MR) is 121 cm³/mol. The number of carbonyl (C=O) groups is 1.